The first-order valence-electron chi connectivity index (χ1n) is 7.85. The van der Waals surface area contributed by atoms with Crippen molar-refractivity contribution in [2.24, 2.45) is 0 Å². The SMILES string of the molecule is CCNC(C)C1CCCCN1CCn1ccccc1=O. The Morgan fingerprint density at radius 1 is 1.35 bits per heavy atom. The van der Waals surface area contributed by atoms with Crippen LogP contribution < -0.4 is 10.9 Å². The molecule has 0 spiro atoms. The quantitative estimate of drug-likeness (QED) is 0.860. The number of hydrogen-bond acceptors (Lipinski definition) is 3. The molecule has 0 bridgehead atoms. The van der Waals surface area contributed by atoms with E-state index >= 15 is 0 Å². The molecular formula is C16H27N3O. The van der Waals surface area contributed by atoms with E-state index in [1.54, 1.807) is 12.1 Å². The second-order valence-corrected chi connectivity index (χ2v) is 5.68. The molecule has 1 aliphatic heterocycles. The van der Waals surface area contributed by atoms with Crippen LogP contribution >= 0.6 is 0 Å². The normalized spacial score (nSPS) is 21.8. The maximum atomic E-state index is 11.7. The molecule has 112 valence electrons. The molecule has 0 saturated carbocycles. The summed E-state index contributed by atoms with van der Waals surface area (Å²) in [6, 6.07) is 6.48. The Balaban J connectivity index is 1.95. The largest absolute Gasteiger partial charge is 0.314 e. The first-order chi connectivity index (χ1) is 9.72. The molecule has 1 aromatic rings. The van der Waals surface area contributed by atoms with Crippen molar-refractivity contribution in [3.8, 4) is 0 Å². The van der Waals surface area contributed by atoms with Crippen LogP contribution in [0.1, 0.15) is 33.1 Å². The molecule has 1 aromatic heterocycles. The lowest BCUT2D eigenvalue weighted by atomic mass is 9.96. The Labute approximate surface area is 121 Å². The summed E-state index contributed by atoms with van der Waals surface area (Å²) in [4.78, 5) is 14.3. The molecule has 1 saturated heterocycles. The van der Waals surface area contributed by atoms with Crippen LogP contribution in [0.4, 0.5) is 0 Å². The van der Waals surface area contributed by atoms with Gasteiger partial charge in [-0.05, 0) is 38.9 Å². The predicted molar refractivity (Wildman–Crippen MR) is 83.1 cm³/mol. The molecule has 2 unspecified atom stereocenters. The fourth-order valence-electron chi connectivity index (χ4n) is 3.20. The van der Waals surface area contributed by atoms with E-state index in [-0.39, 0.29) is 5.56 Å². The minimum absolute atomic E-state index is 0.0980. The molecule has 4 heteroatoms. The van der Waals surface area contributed by atoms with Gasteiger partial charge in [-0.2, -0.15) is 0 Å². The third kappa shape index (κ3) is 3.93. The van der Waals surface area contributed by atoms with Crippen LogP contribution in [-0.4, -0.2) is 41.2 Å². The van der Waals surface area contributed by atoms with Crippen molar-refractivity contribution in [3.05, 3.63) is 34.7 Å². The molecule has 1 fully saturated rings. The maximum Gasteiger partial charge on any atom is 0.250 e. The first kappa shape index (κ1) is 15.3. The highest BCUT2D eigenvalue weighted by Gasteiger charge is 2.26. The van der Waals surface area contributed by atoms with Gasteiger partial charge in [-0.25, -0.2) is 0 Å². The lowest BCUT2D eigenvalue weighted by Gasteiger charge is -2.39. The second-order valence-electron chi connectivity index (χ2n) is 5.68. The third-order valence-electron chi connectivity index (χ3n) is 4.29. The summed E-state index contributed by atoms with van der Waals surface area (Å²) in [5.41, 5.74) is 0.0980. The number of rotatable bonds is 6. The zero-order valence-electron chi connectivity index (χ0n) is 12.7. The number of aromatic nitrogens is 1. The van der Waals surface area contributed by atoms with Crippen LogP contribution in [0.3, 0.4) is 0 Å². The molecule has 0 aromatic carbocycles. The number of nitrogens with zero attached hydrogens (tertiary/aromatic N) is 2. The number of likely N-dealkylation sites (N-methyl/N-ethyl adjacent to an activating group) is 1. The van der Waals surface area contributed by atoms with Crippen molar-refractivity contribution in [1.29, 1.82) is 0 Å². The minimum atomic E-state index is 0.0980. The van der Waals surface area contributed by atoms with Gasteiger partial charge in [-0.3, -0.25) is 9.69 Å². The average molecular weight is 277 g/mol. The second kappa shape index (κ2) is 7.60. The highest BCUT2D eigenvalue weighted by molar-refractivity contribution is 4.93. The highest BCUT2D eigenvalue weighted by atomic mass is 16.1. The Hall–Kier alpha value is -1.13. The molecule has 0 radical (unpaired) electrons. The van der Waals surface area contributed by atoms with E-state index in [0.717, 1.165) is 26.2 Å². The summed E-state index contributed by atoms with van der Waals surface area (Å²) in [5.74, 6) is 0. The van der Waals surface area contributed by atoms with Crippen LogP contribution in [0.2, 0.25) is 0 Å². The van der Waals surface area contributed by atoms with Gasteiger partial charge in [-0.1, -0.05) is 19.4 Å². The molecule has 2 atom stereocenters. The van der Waals surface area contributed by atoms with Gasteiger partial charge in [-0.15, -0.1) is 0 Å². The topological polar surface area (TPSA) is 37.3 Å². The van der Waals surface area contributed by atoms with E-state index in [9.17, 15) is 4.79 Å². The summed E-state index contributed by atoms with van der Waals surface area (Å²) in [6.45, 7) is 8.36. The van der Waals surface area contributed by atoms with Crippen LogP contribution in [0.25, 0.3) is 0 Å². The van der Waals surface area contributed by atoms with Crippen LogP contribution in [0.5, 0.6) is 0 Å². The van der Waals surface area contributed by atoms with Gasteiger partial charge >= 0.3 is 0 Å². The van der Waals surface area contributed by atoms with Crippen molar-refractivity contribution in [1.82, 2.24) is 14.8 Å². The van der Waals surface area contributed by atoms with E-state index < -0.39 is 0 Å². The Kier molecular flexibility index (Phi) is 5.80. The molecule has 2 rings (SSSR count). The van der Waals surface area contributed by atoms with E-state index in [2.05, 4.69) is 24.1 Å². The van der Waals surface area contributed by atoms with Crippen LogP contribution in [-0.2, 0) is 6.54 Å². The Morgan fingerprint density at radius 3 is 2.95 bits per heavy atom. The predicted octanol–water partition coefficient (Wildman–Crippen LogP) is 1.70. The van der Waals surface area contributed by atoms with Crippen LogP contribution in [0, 0.1) is 0 Å². The van der Waals surface area contributed by atoms with Gasteiger partial charge in [0, 0.05) is 37.4 Å². The van der Waals surface area contributed by atoms with Crippen molar-refractivity contribution in [3.63, 3.8) is 0 Å². The summed E-state index contributed by atoms with van der Waals surface area (Å²) < 4.78 is 1.81. The fraction of sp³-hybridized carbons (Fsp3) is 0.688. The minimum Gasteiger partial charge on any atom is -0.314 e. The molecule has 20 heavy (non-hydrogen) atoms. The third-order valence-corrected chi connectivity index (χ3v) is 4.29. The molecule has 0 amide bonds. The number of pyridine rings is 1. The zero-order valence-corrected chi connectivity index (χ0v) is 12.7. The maximum absolute atomic E-state index is 11.7. The highest BCUT2D eigenvalue weighted by Crippen LogP contribution is 2.19. The van der Waals surface area contributed by atoms with Crippen molar-refractivity contribution in [2.75, 3.05) is 19.6 Å². The molecule has 0 aliphatic carbocycles. The first-order valence-corrected chi connectivity index (χ1v) is 7.85. The monoisotopic (exact) mass is 277 g/mol. The van der Waals surface area contributed by atoms with Gasteiger partial charge in [0.15, 0.2) is 0 Å². The summed E-state index contributed by atoms with van der Waals surface area (Å²) in [7, 11) is 0. The van der Waals surface area contributed by atoms with Crippen molar-refractivity contribution >= 4 is 0 Å². The van der Waals surface area contributed by atoms with Gasteiger partial charge in [0.25, 0.3) is 5.56 Å². The standard InChI is InChI=1S/C16H27N3O/c1-3-17-14(2)15-8-4-6-10-18(15)12-13-19-11-7-5-9-16(19)20/h5,7,9,11,14-15,17H,3-4,6,8,10,12-13H2,1-2H3. The zero-order chi connectivity index (χ0) is 14.4. The summed E-state index contributed by atoms with van der Waals surface area (Å²) >= 11 is 0. The fourth-order valence-corrected chi connectivity index (χ4v) is 3.20. The van der Waals surface area contributed by atoms with Gasteiger partial charge < -0.3 is 9.88 Å². The van der Waals surface area contributed by atoms with Crippen molar-refractivity contribution < 1.29 is 0 Å². The van der Waals surface area contributed by atoms with E-state index in [0.29, 0.717) is 12.1 Å². The number of piperidine rings is 1. The van der Waals surface area contributed by atoms with Gasteiger partial charge in [0.2, 0.25) is 0 Å². The number of likely N-dealkylation sites (tertiary alicyclic amines) is 1. The summed E-state index contributed by atoms with van der Waals surface area (Å²) in [5, 5.41) is 3.54. The number of hydrogen-bond donors (Lipinski definition) is 1. The molecule has 2 heterocycles. The summed E-state index contributed by atoms with van der Waals surface area (Å²) in [6.07, 6.45) is 5.74. The van der Waals surface area contributed by atoms with E-state index in [4.69, 9.17) is 0 Å². The smallest absolute Gasteiger partial charge is 0.250 e. The molecule has 4 nitrogen and oxygen atoms in total. The van der Waals surface area contributed by atoms with Crippen molar-refractivity contribution in [2.45, 2.75) is 51.7 Å². The lowest BCUT2D eigenvalue weighted by molar-refractivity contribution is 0.115. The van der Waals surface area contributed by atoms with Crippen LogP contribution in [0.15, 0.2) is 29.2 Å². The van der Waals surface area contributed by atoms with Gasteiger partial charge in [0.1, 0.15) is 0 Å². The molecule has 1 N–H and O–H groups in total. The molecular weight excluding hydrogens is 250 g/mol. The molecule has 1 aliphatic rings. The van der Waals surface area contributed by atoms with E-state index in [1.807, 2.05) is 16.8 Å². The van der Waals surface area contributed by atoms with E-state index in [1.165, 1.54) is 19.3 Å². The van der Waals surface area contributed by atoms with Gasteiger partial charge in [0.05, 0.1) is 0 Å². The Bertz CT molecular complexity index is 457. The lowest BCUT2D eigenvalue weighted by Crippen LogP contribution is -2.52. The number of nitrogens with one attached hydrogen (secondary N) is 1. The average Bonchev–Trinajstić information content (AvgIpc) is 2.47. The Morgan fingerprint density at radius 2 is 2.20 bits per heavy atom.